The van der Waals surface area contributed by atoms with Crippen LogP contribution in [0.5, 0.6) is 5.75 Å². The first kappa shape index (κ1) is 28.8. The topological polar surface area (TPSA) is 134 Å². The molecule has 2 aliphatic heterocycles. The van der Waals surface area contributed by atoms with E-state index >= 15 is 0 Å². The standard InChI is InChI=1S/C24H31F2N3O7S2/c1-27-37(31,32)20-5-2-4-19(12-20)35-16-18(30)14-28-17-13-24(36-15-17)8-10-29(11-9-24)38(33,34)22-7-3-6-21(25)23(22)26/h2-7,12,17-18,27-28,30H,8-11,13-16H2,1H3. The molecule has 4 rings (SSSR count). The molecule has 2 heterocycles. The van der Waals surface area contributed by atoms with Gasteiger partial charge < -0.3 is 19.9 Å². The monoisotopic (exact) mass is 575 g/mol. The van der Waals surface area contributed by atoms with Gasteiger partial charge in [0.15, 0.2) is 11.6 Å². The van der Waals surface area contributed by atoms with E-state index in [1.807, 2.05) is 0 Å². The molecule has 2 atom stereocenters. The van der Waals surface area contributed by atoms with Gasteiger partial charge in [-0.25, -0.2) is 30.3 Å². The van der Waals surface area contributed by atoms with Crippen LogP contribution in [0.1, 0.15) is 19.3 Å². The van der Waals surface area contributed by atoms with Crippen LogP contribution < -0.4 is 14.8 Å². The zero-order valence-electron chi connectivity index (χ0n) is 20.8. The van der Waals surface area contributed by atoms with E-state index in [0.29, 0.717) is 31.6 Å². The normalized spacial score (nSPS) is 21.0. The Kier molecular flexibility index (Phi) is 8.71. The Hall–Kier alpha value is -2.20. The highest BCUT2D eigenvalue weighted by Crippen LogP contribution is 2.37. The van der Waals surface area contributed by atoms with E-state index in [2.05, 4.69) is 10.0 Å². The fourth-order valence-corrected chi connectivity index (χ4v) is 6.96. The maximum Gasteiger partial charge on any atom is 0.246 e. The molecule has 2 fully saturated rings. The summed E-state index contributed by atoms with van der Waals surface area (Å²) in [6.45, 7) is 0.757. The zero-order valence-corrected chi connectivity index (χ0v) is 22.4. The number of hydrogen-bond acceptors (Lipinski definition) is 8. The smallest absolute Gasteiger partial charge is 0.246 e. The van der Waals surface area contributed by atoms with Gasteiger partial charge in [-0.15, -0.1) is 0 Å². The molecule has 2 aromatic rings. The van der Waals surface area contributed by atoms with Crippen LogP contribution in [0.25, 0.3) is 0 Å². The predicted octanol–water partition coefficient (Wildman–Crippen LogP) is 1.21. The average Bonchev–Trinajstić information content (AvgIpc) is 3.30. The lowest BCUT2D eigenvalue weighted by molar-refractivity contribution is -0.0312. The lowest BCUT2D eigenvalue weighted by atomic mass is 9.88. The summed E-state index contributed by atoms with van der Waals surface area (Å²) in [6.07, 6.45) is 0.536. The maximum atomic E-state index is 14.1. The van der Waals surface area contributed by atoms with Crippen molar-refractivity contribution in [3.8, 4) is 5.75 Å². The van der Waals surface area contributed by atoms with Crippen LogP contribution in [0.15, 0.2) is 52.3 Å². The van der Waals surface area contributed by atoms with Gasteiger partial charge in [-0.3, -0.25) is 0 Å². The molecule has 2 aliphatic rings. The van der Waals surface area contributed by atoms with Gasteiger partial charge in [0, 0.05) is 31.7 Å². The predicted molar refractivity (Wildman–Crippen MR) is 134 cm³/mol. The second-order valence-corrected chi connectivity index (χ2v) is 13.2. The van der Waals surface area contributed by atoms with E-state index in [1.165, 1.54) is 19.2 Å². The SMILES string of the molecule is CNS(=O)(=O)c1cccc(OCC(O)CNC2COC3(CCN(S(=O)(=O)c4cccc(F)c4F)CC3)C2)c1. The van der Waals surface area contributed by atoms with Crippen molar-refractivity contribution in [1.82, 2.24) is 14.3 Å². The number of piperidine rings is 1. The second-order valence-electron chi connectivity index (χ2n) is 9.41. The van der Waals surface area contributed by atoms with E-state index < -0.39 is 48.3 Å². The van der Waals surface area contributed by atoms with Crippen molar-refractivity contribution in [1.29, 1.82) is 0 Å². The summed E-state index contributed by atoms with van der Waals surface area (Å²) >= 11 is 0. The van der Waals surface area contributed by atoms with Crippen molar-refractivity contribution >= 4 is 20.0 Å². The summed E-state index contributed by atoms with van der Waals surface area (Å²) in [6, 6.07) is 8.97. The Morgan fingerprint density at radius 2 is 1.87 bits per heavy atom. The van der Waals surface area contributed by atoms with Crippen molar-refractivity contribution in [2.45, 2.75) is 46.8 Å². The van der Waals surface area contributed by atoms with E-state index in [1.54, 1.807) is 12.1 Å². The number of aliphatic hydroxyl groups excluding tert-OH is 1. The molecule has 0 aliphatic carbocycles. The average molecular weight is 576 g/mol. The van der Waals surface area contributed by atoms with Crippen LogP contribution in [-0.2, 0) is 24.8 Å². The summed E-state index contributed by atoms with van der Waals surface area (Å²) in [5.74, 6) is -2.29. The molecule has 2 saturated heterocycles. The van der Waals surface area contributed by atoms with Gasteiger partial charge in [-0.1, -0.05) is 12.1 Å². The molecule has 0 aromatic heterocycles. The number of aliphatic hydroxyl groups is 1. The summed E-state index contributed by atoms with van der Waals surface area (Å²) in [5.41, 5.74) is -0.537. The van der Waals surface area contributed by atoms with Crippen LogP contribution in [0.3, 0.4) is 0 Å². The quantitative estimate of drug-likeness (QED) is 0.385. The van der Waals surface area contributed by atoms with Gasteiger partial charge in [0.05, 0.1) is 17.1 Å². The van der Waals surface area contributed by atoms with Gasteiger partial charge >= 0.3 is 0 Å². The van der Waals surface area contributed by atoms with Crippen molar-refractivity contribution in [3.05, 3.63) is 54.1 Å². The van der Waals surface area contributed by atoms with Crippen LogP contribution in [0, 0.1) is 11.6 Å². The first-order chi connectivity index (χ1) is 18.0. The first-order valence-corrected chi connectivity index (χ1v) is 15.0. The Labute approximate surface area is 221 Å². The number of nitrogens with zero attached hydrogens (tertiary/aromatic N) is 1. The number of hydrogen-bond donors (Lipinski definition) is 3. The third kappa shape index (κ3) is 6.33. The number of rotatable bonds is 10. The Balaban J connectivity index is 1.24. The highest BCUT2D eigenvalue weighted by atomic mass is 32.2. The van der Waals surface area contributed by atoms with E-state index in [9.17, 15) is 30.7 Å². The van der Waals surface area contributed by atoms with Crippen molar-refractivity contribution < 1.29 is 40.2 Å². The minimum Gasteiger partial charge on any atom is -0.491 e. The molecule has 0 amide bonds. The maximum absolute atomic E-state index is 14.1. The van der Waals surface area contributed by atoms with Gasteiger partial charge in [0.25, 0.3) is 0 Å². The molecule has 14 heteroatoms. The van der Waals surface area contributed by atoms with Crippen LogP contribution in [0.2, 0.25) is 0 Å². The lowest BCUT2D eigenvalue weighted by Gasteiger charge is -2.38. The second kappa shape index (κ2) is 11.5. The first-order valence-electron chi connectivity index (χ1n) is 12.1. The minimum absolute atomic E-state index is 0.0541. The number of ether oxygens (including phenoxy) is 2. The minimum atomic E-state index is -4.17. The molecule has 1 spiro atoms. The number of nitrogens with one attached hydrogen (secondary N) is 2. The lowest BCUT2D eigenvalue weighted by Crippen LogP contribution is -2.47. The Bertz CT molecular complexity index is 1350. The summed E-state index contributed by atoms with van der Waals surface area (Å²) < 4.78 is 92.2. The fraction of sp³-hybridized carbons (Fsp3) is 0.500. The third-order valence-corrected chi connectivity index (χ3v) is 10.2. The molecular formula is C24H31F2N3O7S2. The number of benzene rings is 2. The van der Waals surface area contributed by atoms with Crippen LogP contribution in [0.4, 0.5) is 8.78 Å². The molecule has 0 saturated carbocycles. The number of sulfonamides is 2. The molecule has 210 valence electrons. The Morgan fingerprint density at radius 1 is 1.16 bits per heavy atom. The number of halogens is 2. The molecule has 2 aromatic carbocycles. The molecular weight excluding hydrogens is 544 g/mol. The molecule has 10 nitrogen and oxygen atoms in total. The molecule has 2 unspecified atom stereocenters. The molecule has 3 N–H and O–H groups in total. The summed E-state index contributed by atoms with van der Waals surface area (Å²) in [5, 5.41) is 13.6. The Morgan fingerprint density at radius 3 is 2.58 bits per heavy atom. The summed E-state index contributed by atoms with van der Waals surface area (Å²) in [7, 11) is -6.47. The highest BCUT2D eigenvalue weighted by molar-refractivity contribution is 7.89. The molecule has 0 bridgehead atoms. The van der Waals surface area contributed by atoms with Crippen LogP contribution >= 0.6 is 0 Å². The van der Waals surface area contributed by atoms with Gasteiger partial charge in [0.1, 0.15) is 23.4 Å². The van der Waals surface area contributed by atoms with E-state index in [-0.39, 0.29) is 37.2 Å². The van der Waals surface area contributed by atoms with Gasteiger partial charge in [0.2, 0.25) is 20.0 Å². The van der Waals surface area contributed by atoms with Crippen LogP contribution in [-0.4, -0.2) is 83.9 Å². The fourth-order valence-electron chi connectivity index (χ4n) is 4.68. The van der Waals surface area contributed by atoms with Crippen molar-refractivity contribution in [2.75, 3.05) is 39.9 Å². The van der Waals surface area contributed by atoms with Crippen molar-refractivity contribution in [3.63, 3.8) is 0 Å². The zero-order chi connectivity index (χ0) is 27.6. The van der Waals surface area contributed by atoms with Gasteiger partial charge in [-0.05, 0) is 50.6 Å². The third-order valence-electron chi connectivity index (χ3n) is 6.85. The largest absolute Gasteiger partial charge is 0.491 e. The molecule has 38 heavy (non-hydrogen) atoms. The van der Waals surface area contributed by atoms with E-state index in [0.717, 1.165) is 22.5 Å². The van der Waals surface area contributed by atoms with Gasteiger partial charge in [-0.2, -0.15) is 4.31 Å². The molecule has 0 radical (unpaired) electrons. The highest BCUT2D eigenvalue weighted by Gasteiger charge is 2.45. The van der Waals surface area contributed by atoms with Crippen molar-refractivity contribution in [2.24, 2.45) is 0 Å². The van der Waals surface area contributed by atoms with E-state index in [4.69, 9.17) is 9.47 Å². The summed E-state index contributed by atoms with van der Waals surface area (Å²) in [4.78, 5) is -0.620.